The number of aromatic nitrogens is 1. The van der Waals surface area contributed by atoms with Crippen molar-refractivity contribution in [3.05, 3.63) is 15.0 Å². The van der Waals surface area contributed by atoms with Crippen molar-refractivity contribution in [3.8, 4) is 0 Å². The van der Waals surface area contributed by atoms with E-state index < -0.39 is 0 Å². The average Bonchev–Trinajstić information content (AvgIpc) is 2.33. The van der Waals surface area contributed by atoms with Crippen LogP contribution in [0.4, 0.5) is 0 Å². The summed E-state index contributed by atoms with van der Waals surface area (Å²) in [6.45, 7) is 1.76. The van der Waals surface area contributed by atoms with Crippen LogP contribution in [0.25, 0.3) is 0 Å². The average molecular weight is 194 g/mol. The van der Waals surface area contributed by atoms with Gasteiger partial charge in [-0.15, -0.1) is 0 Å². The maximum absolute atomic E-state index is 10.2. The number of aryl methyl sites for hydroxylation is 1. The minimum atomic E-state index is 0.426. The van der Waals surface area contributed by atoms with E-state index >= 15 is 0 Å². The van der Waals surface area contributed by atoms with Gasteiger partial charge in [-0.1, -0.05) is 22.9 Å². The first-order valence-electron chi connectivity index (χ1n) is 2.77. The van der Waals surface area contributed by atoms with Gasteiger partial charge in [0.15, 0.2) is 10.8 Å². The second-order valence-electron chi connectivity index (χ2n) is 1.53. The second-order valence-corrected chi connectivity index (χ2v) is 3.15. The van der Waals surface area contributed by atoms with E-state index in [1.807, 2.05) is 0 Å². The molecule has 0 atom stereocenters. The Balaban J connectivity index is 0.000000461. The van der Waals surface area contributed by atoms with Crippen LogP contribution in [0.2, 0.25) is 4.47 Å². The molecule has 62 valence electrons. The van der Waals surface area contributed by atoms with Gasteiger partial charge >= 0.3 is 0 Å². The molecule has 0 aromatic carbocycles. The number of aliphatic hydroxyl groups is 1. The topological polar surface area (TPSA) is 50.2 Å². The van der Waals surface area contributed by atoms with Crippen molar-refractivity contribution in [1.82, 2.24) is 4.98 Å². The van der Waals surface area contributed by atoms with Crippen LogP contribution in [0, 0.1) is 6.92 Å². The minimum Gasteiger partial charge on any atom is -0.400 e. The van der Waals surface area contributed by atoms with E-state index in [4.69, 9.17) is 16.7 Å². The van der Waals surface area contributed by atoms with Crippen molar-refractivity contribution in [3.63, 3.8) is 0 Å². The van der Waals surface area contributed by atoms with Gasteiger partial charge in [0.2, 0.25) is 0 Å². The molecule has 11 heavy (non-hydrogen) atoms. The van der Waals surface area contributed by atoms with Crippen LogP contribution in [0.15, 0.2) is 0 Å². The molecular weight excluding hydrogens is 186 g/mol. The van der Waals surface area contributed by atoms with Crippen LogP contribution >= 0.6 is 22.9 Å². The van der Waals surface area contributed by atoms with Gasteiger partial charge in [0.05, 0.1) is 10.6 Å². The first-order valence-corrected chi connectivity index (χ1v) is 3.96. The Hall–Kier alpha value is -0.450. The molecule has 0 saturated heterocycles. The number of aldehydes is 1. The number of aliphatic hydroxyl groups excluding tert-OH is 1. The van der Waals surface area contributed by atoms with Gasteiger partial charge in [-0.25, -0.2) is 4.98 Å². The third kappa shape index (κ3) is 2.96. The van der Waals surface area contributed by atoms with Gasteiger partial charge in [0.1, 0.15) is 0 Å². The summed E-state index contributed by atoms with van der Waals surface area (Å²) in [5.74, 6) is 0. The Morgan fingerprint density at radius 1 is 1.64 bits per heavy atom. The predicted octanol–water partition coefficient (Wildman–Crippen LogP) is 1.53. The van der Waals surface area contributed by atoms with Gasteiger partial charge < -0.3 is 5.11 Å². The van der Waals surface area contributed by atoms with Gasteiger partial charge in [0, 0.05) is 7.11 Å². The molecular formula is C6H8ClNO2S. The minimum absolute atomic E-state index is 0.426. The number of thiazole rings is 1. The lowest BCUT2D eigenvalue weighted by atomic mass is 10.4. The summed E-state index contributed by atoms with van der Waals surface area (Å²) in [5.41, 5.74) is 0.708. The quantitative estimate of drug-likeness (QED) is 0.689. The van der Waals surface area contributed by atoms with Crippen LogP contribution in [0.3, 0.4) is 0 Å². The third-order valence-corrected chi connectivity index (χ3v) is 2.10. The molecule has 0 amide bonds. The van der Waals surface area contributed by atoms with Crippen molar-refractivity contribution in [2.24, 2.45) is 0 Å². The fourth-order valence-corrected chi connectivity index (χ4v) is 1.47. The molecule has 0 aliphatic carbocycles. The number of halogens is 1. The van der Waals surface area contributed by atoms with E-state index in [0.29, 0.717) is 15.0 Å². The Morgan fingerprint density at radius 2 is 2.18 bits per heavy atom. The molecule has 0 aliphatic rings. The summed E-state index contributed by atoms with van der Waals surface area (Å²) in [5, 5.41) is 7.00. The molecule has 1 aromatic rings. The molecule has 3 nitrogen and oxygen atoms in total. The second kappa shape index (κ2) is 5.23. The van der Waals surface area contributed by atoms with Crippen molar-refractivity contribution in [1.29, 1.82) is 0 Å². The molecule has 1 aromatic heterocycles. The number of hydrogen-bond donors (Lipinski definition) is 1. The van der Waals surface area contributed by atoms with Crippen LogP contribution in [0.1, 0.15) is 15.4 Å². The Morgan fingerprint density at radius 3 is 2.36 bits per heavy atom. The highest BCUT2D eigenvalue weighted by atomic mass is 35.5. The zero-order valence-corrected chi connectivity index (χ0v) is 7.74. The molecule has 0 bridgehead atoms. The first-order chi connectivity index (χ1) is 5.24. The molecule has 0 unspecified atom stereocenters. The van der Waals surface area contributed by atoms with Crippen molar-refractivity contribution < 1.29 is 9.90 Å². The van der Waals surface area contributed by atoms with Crippen LogP contribution in [-0.4, -0.2) is 23.5 Å². The largest absolute Gasteiger partial charge is 0.400 e. The maximum atomic E-state index is 10.2. The van der Waals surface area contributed by atoms with Crippen LogP contribution < -0.4 is 0 Å². The Labute approximate surface area is 73.7 Å². The highest BCUT2D eigenvalue weighted by molar-refractivity contribution is 7.17. The Bertz CT molecular complexity index is 236. The van der Waals surface area contributed by atoms with Crippen LogP contribution in [-0.2, 0) is 0 Å². The van der Waals surface area contributed by atoms with Crippen LogP contribution in [0.5, 0.6) is 0 Å². The van der Waals surface area contributed by atoms with E-state index in [1.54, 1.807) is 6.92 Å². The fraction of sp³-hybridized carbons (Fsp3) is 0.333. The van der Waals surface area contributed by atoms with E-state index in [9.17, 15) is 4.79 Å². The number of carbonyl (C=O) groups excluding carboxylic acids is 1. The smallest absolute Gasteiger partial charge is 0.184 e. The van der Waals surface area contributed by atoms with Crippen molar-refractivity contribution >= 4 is 29.2 Å². The lowest BCUT2D eigenvalue weighted by molar-refractivity contribution is 0.112. The number of hydrogen-bond acceptors (Lipinski definition) is 4. The molecule has 0 fully saturated rings. The molecule has 1 rings (SSSR count). The van der Waals surface area contributed by atoms with E-state index in [-0.39, 0.29) is 0 Å². The molecule has 0 spiro atoms. The molecule has 0 aliphatic heterocycles. The van der Waals surface area contributed by atoms with E-state index in [1.165, 1.54) is 11.3 Å². The summed E-state index contributed by atoms with van der Waals surface area (Å²) in [7, 11) is 1.00. The number of rotatable bonds is 1. The third-order valence-electron chi connectivity index (χ3n) is 0.913. The first kappa shape index (κ1) is 10.6. The molecule has 0 saturated carbocycles. The number of nitrogens with zero attached hydrogens (tertiary/aromatic N) is 1. The van der Waals surface area contributed by atoms with Gasteiger partial charge in [-0.2, -0.15) is 0 Å². The summed E-state index contributed by atoms with van der Waals surface area (Å²) in [4.78, 5) is 14.6. The monoisotopic (exact) mass is 193 g/mol. The fourth-order valence-electron chi connectivity index (χ4n) is 0.484. The maximum Gasteiger partial charge on any atom is 0.184 e. The van der Waals surface area contributed by atoms with E-state index in [2.05, 4.69) is 4.98 Å². The summed E-state index contributed by atoms with van der Waals surface area (Å²) < 4.78 is 0.426. The highest BCUT2D eigenvalue weighted by Crippen LogP contribution is 2.19. The lowest BCUT2D eigenvalue weighted by Crippen LogP contribution is -1.76. The zero-order valence-electron chi connectivity index (χ0n) is 6.17. The summed E-state index contributed by atoms with van der Waals surface area (Å²) >= 11 is 6.69. The zero-order chi connectivity index (χ0) is 8.85. The van der Waals surface area contributed by atoms with Gasteiger partial charge in [0.25, 0.3) is 0 Å². The Kier molecular flexibility index (Phi) is 5.02. The molecule has 1 N–H and O–H groups in total. The summed E-state index contributed by atoms with van der Waals surface area (Å²) in [6, 6.07) is 0. The van der Waals surface area contributed by atoms with Crippen molar-refractivity contribution in [2.45, 2.75) is 6.92 Å². The normalized spacial score (nSPS) is 8.36. The van der Waals surface area contributed by atoms with Gasteiger partial charge in [-0.3, -0.25) is 4.79 Å². The standard InChI is InChI=1S/C5H4ClNOS.CH4O/c1-3-4(2-8)9-5(6)7-3;1-2/h2H,1H3;2H,1H3. The van der Waals surface area contributed by atoms with E-state index in [0.717, 1.165) is 13.4 Å². The highest BCUT2D eigenvalue weighted by Gasteiger charge is 2.02. The number of carbonyl (C=O) groups is 1. The molecule has 1 heterocycles. The SMILES string of the molecule is CO.Cc1nc(Cl)sc1C=O. The summed E-state index contributed by atoms with van der Waals surface area (Å²) in [6.07, 6.45) is 0.763. The molecule has 0 radical (unpaired) electrons. The molecule has 5 heteroatoms. The van der Waals surface area contributed by atoms with Crippen molar-refractivity contribution in [2.75, 3.05) is 7.11 Å². The lowest BCUT2D eigenvalue weighted by Gasteiger charge is -1.76. The predicted molar refractivity (Wildman–Crippen MR) is 45.4 cm³/mol. The van der Waals surface area contributed by atoms with Gasteiger partial charge in [-0.05, 0) is 6.92 Å².